The molecule has 1 saturated heterocycles. The Kier molecular flexibility index (Phi) is 6.33. The van der Waals surface area contributed by atoms with Gasteiger partial charge in [0.05, 0.1) is 25.9 Å². The van der Waals surface area contributed by atoms with Crippen LogP contribution >= 0.6 is 0 Å². The van der Waals surface area contributed by atoms with Crippen LogP contribution in [-0.2, 0) is 9.47 Å². The molecule has 0 bridgehead atoms. The van der Waals surface area contributed by atoms with Crippen LogP contribution in [0.1, 0.15) is 19.8 Å². The molecule has 4 heteroatoms. The van der Waals surface area contributed by atoms with Crippen molar-refractivity contribution in [1.29, 1.82) is 5.26 Å². The largest absolute Gasteiger partial charge is 0.381 e. The molecule has 2 atom stereocenters. The van der Waals surface area contributed by atoms with Crippen LogP contribution < -0.4 is 5.32 Å². The Morgan fingerprint density at radius 1 is 1.67 bits per heavy atom. The van der Waals surface area contributed by atoms with Gasteiger partial charge in [0.2, 0.25) is 0 Å². The highest BCUT2D eigenvalue weighted by atomic mass is 16.5. The molecule has 0 amide bonds. The van der Waals surface area contributed by atoms with Crippen LogP contribution in [0.5, 0.6) is 0 Å². The highest BCUT2D eigenvalue weighted by Crippen LogP contribution is 2.12. The summed E-state index contributed by atoms with van der Waals surface area (Å²) in [5.41, 5.74) is 0. The zero-order valence-electron chi connectivity index (χ0n) is 9.37. The Hall–Kier alpha value is -0.630. The molecule has 1 aliphatic heterocycles. The van der Waals surface area contributed by atoms with Crippen molar-refractivity contribution in [2.45, 2.75) is 25.8 Å². The van der Waals surface area contributed by atoms with Gasteiger partial charge in [0.15, 0.2) is 0 Å². The van der Waals surface area contributed by atoms with Gasteiger partial charge in [-0.3, -0.25) is 0 Å². The minimum atomic E-state index is -0.174. The van der Waals surface area contributed by atoms with Crippen molar-refractivity contribution in [2.24, 2.45) is 5.92 Å². The summed E-state index contributed by atoms with van der Waals surface area (Å²) in [5.74, 6) is 0.524. The van der Waals surface area contributed by atoms with Crippen molar-refractivity contribution >= 4 is 0 Å². The van der Waals surface area contributed by atoms with Gasteiger partial charge in [0.1, 0.15) is 6.04 Å². The summed E-state index contributed by atoms with van der Waals surface area (Å²) in [7, 11) is 0. The van der Waals surface area contributed by atoms with Gasteiger partial charge in [-0.1, -0.05) is 6.92 Å². The van der Waals surface area contributed by atoms with Gasteiger partial charge >= 0.3 is 0 Å². The minimum Gasteiger partial charge on any atom is -0.381 e. The van der Waals surface area contributed by atoms with Gasteiger partial charge in [-0.25, -0.2) is 0 Å². The number of rotatable bonds is 7. The van der Waals surface area contributed by atoms with Gasteiger partial charge in [-0.05, 0) is 19.4 Å². The van der Waals surface area contributed by atoms with Crippen molar-refractivity contribution in [2.75, 3.05) is 33.0 Å². The topological polar surface area (TPSA) is 54.3 Å². The molecule has 1 heterocycles. The molecule has 1 rings (SSSR count). The Balaban J connectivity index is 2.03. The molecule has 0 aliphatic carbocycles. The van der Waals surface area contributed by atoms with E-state index in [4.69, 9.17) is 14.7 Å². The third-order valence-corrected chi connectivity index (χ3v) is 2.46. The van der Waals surface area contributed by atoms with Crippen LogP contribution in [0.2, 0.25) is 0 Å². The lowest BCUT2D eigenvalue weighted by molar-refractivity contribution is 0.0827. The van der Waals surface area contributed by atoms with E-state index in [2.05, 4.69) is 18.3 Å². The van der Waals surface area contributed by atoms with Gasteiger partial charge in [-0.15, -0.1) is 0 Å². The van der Waals surface area contributed by atoms with E-state index >= 15 is 0 Å². The van der Waals surface area contributed by atoms with Gasteiger partial charge in [0.25, 0.3) is 0 Å². The van der Waals surface area contributed by atoms with E-state index in [1.165, 1.54) is 0 Å². The average Bonchev–Trinajstić information content (AvgIpc) is 2.76. The fourth-order valence-electron chi connectivity index (χ4n) is 1.53. The van der Waals surface area contributed by atoms with Crippen LogP contribution in [-0.4, -0.2) is 39.0 Å². The Morgan fingerprint density at radius 3 is 3.13 bits per heavy atom. The molecule has 4 nitrogen and oxygen atoms in total. The van der Waals surface area contributed by atoms with Gasteiger partial charge in [0, 0.05) is 12.5 Å². The normalized spacial score (nSPS) is 22.5. The van der Waals surface area contributed by atoms with Crippen molar-refractivity contribution in [1.82, 2.24) is 5.32 Å². The summed E-state index contributed by atoms with van der Waals surface area (Å²) in [6.07, 6.45) is 2.12. The number of nitrogens with one attached hydrogen (secondary N) is 1. The van der Waals surface area contributed by atoms with E-state index in [1.54, 1.807) is 0 Å². The monoisotopic (exact) mass is 212 g/mol. The zero-order valence-corrected chi connectivity index (χ0v) is 9.37. The van der Waals surface area contributed by atoms with Crippen molar-refractivity contribution in [3.8, 4) is 6.07 Å². The van der Waals surface area contributed by atoms with Crippen LogP contribution in [0.4, 0.5) is 0 Å². The van der Waals surface area contributed by atoms with Crippen molar-refractivity contribution in [3.05, 3.63) is 0 Å². The minimum absolute atomic E-state index is 0.174. The fourth-order valence-corrected chi connectivity index (χ4v) is 1.53. The number of nitriles is 1. The van der Waals surface area contributed by atoms with E-state index in [9.17, 15) is 0 Å². The van der Waals surface area contributed by atoms with Crippen LogP contribution in [0.25, 0.3) is 0 Å². The summed E-state index contributed by atoms with van der Waals surface area (Å²) in [4.78, 5) is 0. The maximum Gasteiger partial charge on any atom is 0.119 e. The molecule has 0 saturated carbocycles. The molecular weight excluding hydrogens is 192 g/mol. The fraction of sp³-hybridized carbons (Fsp3) is 0.909. The number of hydrogen-bond donors (Lipinski definition) is 1. The van der Waals surface area contributed by atoms with E-state index < -0.39 is 0 Å². The van der Waals surface area contributed by atoms with Crippen molar-refractivity contribution in [3.63, 3.8) is 0 Å². The first-order valence-corrected chi connectivity index (χ1v) is 5.65. The second kappa shape index (κ2) is 7.63. The van der Waals surface area contributed by atoms with E-state index in [0.717, 1.165) is 32.6 Å². The van der Waals surface area contributed by atoms with Crippen LogP contribution in [0.3, 0.4) is 0 Å². The summed E-state index contributed by atoms with van der Waals surface area (Å²) < 4.78 is 10.7. The lowest BCUT2D eigenvalue weighted by Crippen LogP contribution is -2.33. The molecule has 15 heavy (non-hydrogen) atoms. The first-order chi connectivity index (χ1) is 7.36. The molecule has 86 valence electrons. The van der Waals surface area contributed by atoms with Crippen LogP contribution in [0.15, 0.2) is 0 Å². The standard InChI is InChI=1S/C11H20N2O2/c1-2-4-13-11(6-12)9-15-8-10-3-5-14-7-10/h10-11,13H,2-5,7-9H2,1H3. The van der Waals surface area contributed by atoms with E-state index in [-0.39, 0.29) is 6.04 Å². The Morgan fingerprint density at radius 2 is 2.53 bits per heavy atom. The second-order valence-corrected chi connectivity index (χ2v) is 3.90. The maximum absolute atomic E-state index is 8.83. The molecule has 0 radical (unpaired) electrons. The van der Waals surface area contributed by atoms with E-state index in [0.29, 0.717) is 19.1 Å². The SMILES string of the molecule is CCCNC(C#N)COCC1CCOC1. The molecular formula is C11H20N2O2. The Labute approximate surface area is 91.6 Å². The lowest BCUT2D eigenvalue weighted by Gasteiger charge is -2.13. The third kappa shape index (κ3) is 5.12. The molecule has 1 aliphatic rings. The Bertz CT molecular complexity index is 197. The summed E-state index contributed by atoms with van der Waals surface area (Å²) in [5, 5.41) is 12.0. The quantitative estimate of drug-likeness (QED) is 0.682. The highest BCUT2D eigenvalue weighted by molar-refractivity contribution is 4.89. The summed E-state index contributed by atoms with van der Waals surface area (Å²) >= 11 is 0. The van der Waals surface area contributed by atoms with Gasteiger partial charge < -0.3 is 14.8 Å². The maximum atomic E-state index is 8.83. The molecule has 0 spiro atoms. The zero-order chi connectivity index (χ0) is 10.9. The predicted molar refractivity (Wildman–Crippen MR) is 57.4 cm³/mol. The average molecular weight is 212 g/mol. The predicted octanol–water partition coefficient (Wildman–Crippen LogP) is 0.931. The second-order valence-electron chi connectivity index (χ2n) is 3.90. The molecule has 1 fully saturated rings. The first kappa shape index (κ1) is 12.4. The van der Waals surface area contributed by atoms with Crippen LogP contribution in [0, 0.1) is 17.2 Å². The highest BCUT2D eigenvalue weighted by Gasteiger charge is 2.16. The molecule has 0 aromatic heterocycles. The smallest absolute Gasteiger partial charge is 0.119 e. The number of ether oxygens (including phenoxy) is 2. The van der Waals surface area contributed by atoms with E-state index in [1.807, 2.05) is 0 Å². The molecule has 1 N–H and O–H groups in total. The molecule has 0 aromatic carbocycles. The molecule has 2 unspecified atom stereocenters. The van der Waals surface area contributed by atoms with Gasteiger partial charge in [-0.2, -0.15) is 5.26 Å². The molecule has 0 aromatic rings. The first-order valence-electron chi connectivity index (χ1n) is 5.65. The number of nitrogens with zero attached hydrogens (tertiary/aromatic N) is 1. The summed E-state index contributed by atoms with van der Waals surface area (Å²) in [6.45, 7) is 5.80. The summed E-state index contributed by atoms with van der Waals surface area (Å²) in [6, 6.07) is 2.02. The number of hydrogen-bond acceptors (Lipinski definition) is 4. The third-order valence-electron chi connectivity index (χ3n) is 2.46. The van der Waals surface area contributed by atoms with Crippen molar-refractivity contribution < 1.29 is 9.47 Å². The lowest BCUT2D eigenvalue weighted by atomic mass is 10.1.